The second-order valence-electron chi connectivity index (χ2n) is 9.67. The molecule has 1 aromatic rings. The van der Waals surface area contributed by atoms with Crippen LogP contribution in [0, 0.1) is 11.3 Å². The van der Waals surface area contributed by atoms with Crippen molar-refractivity contribution < 1.29 is 27.6 Å². The molecule has 0 bridgehead atoms. The van der Waals surface area contributed by atoms with Crippen LogP contribution in [0.2, 0.25) is 0 Å². The molecule has 170 valence electrons. The van der Waals surface area contributed by atoms with Crippen LogP contribution in [-0.4, -0.2) is 34.8 Å². The van der Waals surface area contributed by atoms with Crippen molar-refractivity contribution in [3.8, 4) is 0 Å². The minimum atomic E-state index is -4.43. The zero-order valence-electron chi connectivity index (χ0n) is 18.1. The fourth-order valence-electron chi connectivity index (χ4n) is 5.12. The van der Waals surface area contributed by atoms with Crippen molar-refractivity contribution in [3.63, 3.8) is 0 Å². The van der Waals surface area contributed by atoms with Crippen molar-refractivity contribution in [2.45, 2.75) is 64.7 Å². The molecule has 1 spiro atoms. The minimum absolute atomic E-state index is 0.115. The van der Waals surface area contributed by atoms with Crippen LogP contribution in [0.15, 0.2) is 24.3 Å². The van der Waals surface area contributed by atoms with Crippen LogP contribution in [0.25, 0.3) is 0 Å². The number of carbonyl (C=O) groups is 3. The monoisotopic (exact) mass is 439 g/mol. The lowest BCUT2D eigenvalue weighted by Crippen LogP contribution is -2.54. The molecule has 1 aliphatic carbocycles. The lowest BCUT2D eigenvalue weighted by Gasteiger charge is -2.43. The molecule has 1 aromatic carbocycles. The second kappa shape index (κ2) is 7.84. The molecular weight excluding hydrogens is 411 g/mol. The summed E-state index contributed by atoms with van der Waals surface area (Å²) in [5.74, 6) is -0.702. The summed E-state index contributed by atoms with van der Waals surface area (Å²) in [6.07, 6.45) is -2.45. The van der Waals surface area contributed by atoms with E-state index in [1.165, 1.54) is 12.1 Å². The lowest BCUT2D eigenvalue weighted by molar-refractivity contribution is -0.138. The van der Waals surface area contributed by atoms with Gasteiger partial charge in [-0.3, -0.25) is 14.5 Å². The second-order valence-corrected chi connectivity index (χ2v) is 9.67. The molecule has 3 atom stereocenters. The van der Waals surface area contributed by atoms with Crippen molar-refractivity contribution in [3.05, 3.63) is 35.4 Å². The number of urea groups is 1. The van der Waals surface area contributed by atoms with Gasteiger partial charge in [0.1, 0.15) is 12.1 Å². The minimum Gasteiger partial charge on any atom is -0.348 e. The van der Waals surface area contributed by atoms with Gasteiger partial charge in [-0.15, -0.1) is 0 Å². The van der Waals surface area contributed by atoms with Gasteiger partial charge >= 0.3 is 12.2 Å². The fourth-order valence-corrected chi connectivity index (χ4v) is 5.12. The standard InChI is InChI=1S/C22H28F3N3O3/c1-13-9-20(3,4)12-21(10-13)18(30)28(19(31)27-21)11-17(29)26-14(2)15-5-7-16(8-6-15)22(23,24)25/h5-8,13-14H,9-12H2,1-4H3,(H,26,29)(H,27,31). The van der Waals surface area contributed by atoms with Crippen LogP contribution < -0.4 is 10.6 Å². The Morgan fingerprint density at radius 2 is 1.84 bits per heavy atom. The highest BCUT2D eigenvalue weighted by Gasteiger charge is 2.56. The summed E-state index contributed by atoms with van der Waals surface area (Å²) >= 11 is 0. The summed E-state index contributed by atoms with van der Waals surface area (Å²) in [4.78, 5) is 39.0. The molecule has 1 heterocycles. The Balaban J connectivity index is 1.65. The van der Waals surface area contributed by atoms with Crippen LogP contribution >= 0.6 is 0 Å². The molecule has 0 aromatic heterocycles. The third-order valence-electron chi connectivity index (χ3n) is 6.04. The van der Waals surface area contributed by atoms with Crippen LogP contribution in [0.3, 0.4) is 0 Å². The molecule has 2 N–H and O–H groups in total. The number of nitrogens with one attached hydrogen (secondary N) is 2. The van der Waals surface area contributed by atoms with E-state index in [-0.39, 0.29) is 11.3 Å². The van der Waals surface area contributed by atoms with Crippen LogP contribution in [0.1, 0.15) is 64.1 Å². The summed E-state index contributed by atoms with van der Waals surface area (Å²) < 4.78 is 38.1. The average molecular weight is 439 g/mol. The van der Waals surface area contributed by atoms with Gasteiger partial charge in [0.05, 0.1) is 11.6 Å². The van der Waals surface area contributed by atoms with Gasteiger partial charge in [0, 0.05) is 0 Å². The van der Waals surface area contributed by atoms with Gasteiger partial charge in [-0.1, -0.05) is 32.9 Å². The maximum Gasteiger partial charge on any atom is 0.416 e. The van der Waals surface area contributed by atoms with E-state index in [2.05, 4.69) is 24.5 Å². The van der Waals surface area contributed by atoms with E-state index in [1.54, 1.807) is 6.92 Å². The third-order valence-corrected chi connectivity index (χ3v) is 6.04. The summed E-state index contributed by atoms with van der Waals surface area (Å²) in [5, 5.41) is 5.46. The zero-order chi connectivity index (χ0) is 23.2. The Kier molecular flexibility index (Phi) is 5.84. The van der Waals surface area contributed by atoms with Gasteiger partial charge in [-0.25, -0.2) is 4.79 Å². The van der Waals surface area contributed by atoms with E-state index in [0.29, 0.717) is 18.4 Å². The first-order valence-corrected chi connectivity index (χ1v) is 10.3. The number of hydrogen-bond donors (Lipinski definition) is 2. The first kappa shape index (κ1) is 23.1. The SMILES string of the molecule is CC1CC(C)(C)CC2(C1)NC(=O)N(CC(=O)NC(C)c1ccc(C(F)(F)F)cc1)C2=O. The maximum absolute atomic E-state index is 13.1. The molecule has 4 amide bonds. The molecular formula is C22H28F3N3O3. The van der Waals surface area contributed by atoms with E-state index < -0.39 is 47.7 Å². The topological polar surface area (TPSA) is 78.5 Å². The Morgan fingerprint density at radius 1 is 1.23 bits per heavy atom. The van der Waals surface area contributed by atoms with Gasteiger partial charge in [-0.05, 0) is 55.2 Å². The van der Waals surface area contributed by atoms with E-state index in [4.69, 9.17) is 0 Å². The smallest absolute Gasteiger partial charge is 0.348 e. The number of amides is 4. The van der Waals surface area contributed by atoms with Crippen molar-refractivity contribution in [2.24, 2.45) is 11.3 Å². The molecule has 6 nitrogen and oxygen atoms in total. The van der Waals surface area contributed by atoms with E-state index in [9.17, 15) is 27.6 Å². The van der Waals surface area contributed by atoms with Crippen molar-refractivity contribution in [2.75, 3.05) is 6.54 Å². The highest BCUT2D eigenvalue weighted by atomic mass is 19.4. The molecule has 1 saturated carbocycles. The largest absolute Gasteiger partial charge is 0.416 e. The molecule has 2 aliphatic rings. The summed E-state index contributed by atoms with van der Waals surface area (Å²) in [6, 6.07) is 3.31. The van der Waals surface area contributed by atoms with Crippen LogP contribution in [0.5, 0.6) is 0 Å². The molecule has 2 fully saturated rings. The first-order chi connectivity index (χ1) is 14.2. The fraction of sp³-hybridized carbons (Fsp3) is 0.591. The first-order valence-electron chi connectivity index (χ1n) is 10.3. The van der Waals surface area contributed by atoms with Crippen molar-refractivity contribution >= 4 is 17.8 Å². The van der Waals surface area contributed by atoms with Crippen LogP contribution in [0.4, 0.5) is 18.0 Å². The van der Waals surface area contributed by atoms with E-state index in [1.807, 2.05) is 6.92 Å². The number of imide groups is 1. The highest BCUT2D eigenvalue weighted by Crippen LogP contribution is 2.46. The lowest BCUT2D eigenvalue weighted by atomic mass is 9.64. The predicted octanol–water partition coefficient (Wildman–Crippen LogP) is 4.02. The number of halogens is 3. The number of rotatable bonds is 4. The van der Waals surface area contributed by atoms with Gasteiger partial charge in [0.2, 0.25) is 5.91 Å². The number of benzene rings is 1. The maximum atomic E-state index is 13.1. The highest BCUT2D eigenvalue weighted by molar-refractivity contribution is 6.09. The number of carbonyl (C=O) groups excluding carboxylic acids is 3. The summed E-state index contributed by atoms with van der Waals surface area (Å²) in [6.45, 7) is 7.35. The van der Waals surface area contributed by atoms with E-state index >= 15 is 0 Å². The Morgan fingerprint density at radius 3 is 2.39 bits per heavy atom. The number of alkyl halides is 3. The van der Waals surface area contributed by atoms with E-state index in [0.717, 1.165) is 23.5 Å². The number of hydrogen-bond acceptors (Lipinski definition) is 3. The molecule has 1 aliphatic heterocycles. The molecule has 31 heavy (non-hydrogen) atoms. The Labute approximate surface area is 179 Å². The average Bonchev–Trinajstić information content (AvgIpc) is 2.82. The molecule has 0 radical (unpaired) electrons. The quantitative estimate of drug-likeness (QED) is 0.696. The normalized spacial score (nSPS) is 26.7. The summed E-state index contributed by atoms with van der Waals surface area (Å²) in [5.41, 5.74) is -1.39. The zero-order valence-corrected chi connectivity index (χ0v) is 18.1. The molecule has 3 unspecified atom stereocenters. The van der Waals surface area contributed by atoms with Crippen LogP contribution in [-0.2, 0) is 15.8 Å². The van der Waals surface area contributed by atoms with Gasteiger partial charge in [0.25, 0.3) is 5.91 Å². The van der Waals surface area contributed by atoms with Crippen molar-refractivity contribution in [1.82, 2.24) is 15.5 Å². The molecule has 3 rings (SSSR count). The van der Waals surface area contributed by atoms with Gasteiger partial charge in [-0.2, -0.15) is 13.2 Å². The Bertz CT molecular complexity index is 882. The third kappa shape index (κ3) is 4.85. The van der Waals surface area contributed by atoms with Gasteiger partial charge < -0.3 is 10.6 Å². The molecule has 1 saturated heterocycles. The Hall–Kier alpha value is -2.58. The van der Waals surface area contributed by atoms with Crippen molar-refractivity contribution in [1.29, 1.82) is 0 Å². The predicted molar refractivity (Wildman–Crippen MR) is 108 cm³/mol. The van der Waals surface area contributed by atoms with Gasteiger partial charge in [0.15, 0.2) is 0 Å². The number of nitrogens with zero attached hydrogens (tertiary/aromatic N) is 1. The summed E-state index contributed by atoms with van der Waals surface area (Å²) in [7, 11) is 0. The molecule has 9 heteroatoms.